The van der Waals surface area contributed by atoms with Gasteiger partial charge in [-0.15, -0.1) is 0 Å². The molecular weight excluding hydrogens is 380 g/mol. The zero-order chi connectivity index (χ0) is 21.2. The first-order valence-corrected chi connectivity index (χ1v) is 10.8. The molecule has 0 aromatic heterocycles. The van der Waals surface area contributed by atoms with Crippen molar-refractivity contribution in [2.75, 3.05) is 11.9 Å². The molecule has 2 atom stereocenters. The maximum Gasteiger partial charge on any atom is 0.319 e. The highest BCUT2D eigenvalue weighted by Crippen LogP contribution is 2.45. The minimum atomic E-state index is -3.76. The molecule has 1 aromatic rings. The molecule has 9 heteroatoms. The van der Waals surface area contributed by atoms with Crippen molar-refractivity contribution in [1.82, 2.24) is 10.6 Å². The van der Waals surface area contributed by atoms with E-state index in [1.54, 1.807) is 0 Å². The summed E-state index contributed by atoms with van der Waals surface area (Å²) in [5, 5.41) is 13.7. The number of benzene rings is 1. The Morgan fingerprint density at radius 1 is 1.14 bits per heavy atom. The van der Waals surface area contributed by atoms with Gasteiger partial charge in [-0.3, -0.25) is 4.79 Å². The van der Waals surface area contributed by atoms with E-state index in [1.807, 2.05) is 0 Å². The van der Waals surface area contributed by atoms with E-state index in [-0.39, 0.29) is 33.7 Å². The van der Waals surface area contributed by atoms with E-state index in [4.69, 9.17) is 5.14 Å². The minimum absolute atomic E-state index is 0.0144. The largest absolute Gasteiger partial charge is 0.354 e. The van der Waals surface area contributed by atoms with Gasteiger partial charge in [-0.2, -0.15) is 0 Å². The monoisotopic (exact) mass is 410 g/mol. The molecule has 0 aliphatic heterocycles. The summed E-state index contributed by atoms with van der Waals surface area (Å²) in [5.74, 6) is -0.0429. The smallest absolute Gasteiger partial charge is 0.319 e. The van der Waals surface area contributed by atoms with Gasteiger partial charge in [0.25, 0.3) is 0 Å². The van der Waals surface area contributed by atoms with E-state index in [2.05, 4.69) is 36.7 Å². The van der Waals surface area contributed by atoms with Gasteiger partial charge in [0.2, 0.25) is 15.9 Å². The van der Waals surface area contributed by atoms with E-state index in [0.29, 0.717) is 12.2 Å². The van der Waals surface area contributed by atoms with Crippen LogP contribution >= 0.6 is 0 Å². The van der Waals surface area contributed by atoms with Crippen LogP contribution in [0.25, 0.3) is 0 Å². The van der Waals surface area contributed by atoms with Crippen LogP contribution in [0, 0.1) is 10.8 Å². The predicted octanol–water partition coefficient (Wildman–Crippen LogP) is 2.18. The number of primary sulfonamides is 1. The molecule has 1 aromatic carbocycles. The van der Waals surface area contributed by atoms with Gasteiger partial charge in [-0.05, 0) is 54.4 Å². The Hall–Kier alpha value is -2.13. The fourth-order valence-corrected chi connectivity index (χ4v) is 4.87. The molecule has 2 rings (SSSR count). The Bertz CT molecular complexity index is 836. The molecule has 1 fully saturated rings. The summed E-state index contributed by atoms with van der Waals surface area (Å²) in [6.45, 7) is 8.45. The molecule has 156 valence electrons. The van der Waals surface area contributed by atoms with Gasteiger partial charge >= 0.3 is 6.03 Å². The number of hydrogen-bond donors (Lipinski definition) is 4. The zero-order valence-electron chi connectivity index (χ0n) is 16.8. The van der Waals surface area contributed by atoms with E-state index in [1.165, 1.54) is 31.2 Å². The molecule has 1 aliphatic rings. The van der Waals surface area contributed by atoms with Crippen molar-refractivity contribution in [3.8, 4) is 0 Å². The average Bonchev–Trinajstić information content (AvgIpc) is 2.50. The summed E-state index contributed by atoms with van der Waals surface area (Å²) in [5.41, 5.74) is 0.376. The number of sulfonamides is 1. The maximum atomic E-state index is 12.3. The van der Waals surface area contributed by atoms with Crippen LogP contribution < -0.4 is 21.1 Å². The van der Waals surface area contributed by atoms with Crippen molar-refractivity contribution in [2.24, 2.45) is 16.0 Å². The average molecular weight is 411 g/mol. The number of urea groups is 1. The predicted molar refractivity (Wildman–Crippen MR) is 108 cm³/mol. The highest BCUT2D eigenvalue weighted by molar-refractivity contribution is 7.89. The van der Waals surface area contributed by atoms with E-state index in [0.717, 1.165) is 19.3 Å². The zero-order valence-corrected chi connectivity index (χ0v) is 17.7. The maximum absolute atomic E-state index is 12.3. The number of carbonyl (C=O) groups excluding carboxylic acids is 2. The van der Waals surface area contributed by atoms with Gasteiger partial charge in [0.05, 0.1) is 4.90 Å². The molecule has 1 saturated carbocycles. The molecule has 0 bridgehead atoms. The van der Waals surface area contributed by atoms with Crippen LogP contribution in [-0.2, 0) is 14.8 Å². The van der Waals surface area contributed by atoms with Gasteiger partial charge in [0.15, 0.2) is 0 Å². The third-order valence-corrected chi connectivity index (χ3v) is 5.90. The minimum Gasteiger partial charge on any atom is -0.354 e. The van der Waals surface area contributed by atoms with Gasteiger partial charge in [0.1, 0.15) is 0 Å². The number of rotatable bonds is 5. The first-order valence-electron chi connectivity index (χ1n) is 9.23. The molecule has 1 aliphatic carbocycles. The summed E-state index contributed by atoms with van der Waals surface area (Å²) < 4.78 is 22.6. The van der Waals surface area contributed by atoms with Gasteiger partial charge in [-0.1, -0.05) is 20.8 Å². The molecule has 2 unspecified atom stereocenters. The standard InChI is InChI=1S/C19H30N4O4S/c1-13(24)22-15-9-18(2,3)11-19(4,10-15)12-21-17(25)23-14-5-7-16(8-6-14)28(20,26)27/h5-8,15H,9-12H2,1-4H3,(H,22,24)(H2,20,26,27)(H2,21,23,25). The third-order valence-electron chi connectivity index (χ3n) is 4.97. The Balaban J connectivity index is 1.96. The molecule has 8 nitrogen and oxygen atoms in total. The van der Waals surface area contributed by atoms with Crippen LogP contribution in [0.15, 0.2) is 29.2 Å². The summed E-state index contributed by atoms with van der Waals surface area (Å²) in [6.07, 6.45) is 2.63. The highest BCUT2D eigenvalue weighted by Gasteiger charge is 2.41. The molecule has 0 heterocycles. The van der Waals surface area contributed by atoms with E-state index < -0.39 is 10.0 Å². The van der Waals surface area contributed by atoms with Crippen LogP contribution in [0.2, 0.25) is 0 Å². The highest BCUT2D eigenvalue weighted by atomic mass is 32.2. The molecule has 3 amide bonds. The fraction of sp³-hybridized carbons (Fsp3) is 0.579. The Kier molecular flexibility index (Phi) is 6.40. The number of nitrogens with two attached hydrogens (primary N) is 1. The van der Waals surface area contributed by atoms with E-state index in [9.17, 15) is 18.0 Å². The quantitative estimate of drug-likeness (QED) is 0.592. The van der Waals surface area contributed by atoms with Crippen LogP contribution in [0.4, 0.5) is 10.5 Å². The van der Waals surface area contributed by atoms with Crippen molar-refractivity contribution >= 4 is 27.6 Å². The van der Waals surface area contributed by atoms with Crippen molar-refractivity contribution in [3.05, 3.63) is 24.3 Å². The molecular formula is C19H30N4O4S. The summed E-state index contributed by atoms with van der Waals surface area (Å²) in [4.78, 5) is 23.7. The number of anilines is 1. The molecule has 0 spiro atoms. The lowest BCUT2D eigenvalue weighted by Crippen LogP contribution is -2.50. The van der Waals surface area contributed by atoms with E-state index >= 15 is 0 Å². The molecule has 28 heavy (non-hydrogen) atoms. The molecule has 5 N–H and O–H groups in total. The number of hydrogen-bond acceptors (Lipinski definition) is 4. The van der Waals surface area contributed by atoms with Crippen LogP contribution in [0.3, 0.4) is 0 Å². The lowest BCUT2D eigenvalue weighted by Gasteiger charge is -2.46. The molecule has 0 radical (unpaired) electrons. The second kappa shape index (κ2) is 8.08. The lowest BCUT2D eigenvalue weighted by molar-refractivity contribution is -0.120. The Morgan fingerprint density at radius 2 is 1.75 bits per heavy atom. The van der Waals surface area contributed by atoms with Crippen molar-refractivity contribution in [2.45, 2.75) is 57.9 Å². The SMILES string of the molecule is CC(=O)NC1CC(C)(C)CC(C)(CNC(=O)Nc2ccc(S(N)(=O)=O)cc2)C1. The fourth-order valence-electron chi connectivity index (χ4n) is 4.35. The summed E-state index contributed by atoms with van der Waals surface area (Å²) in [6, 6.07) is 5.36. The first kappa shape index (κ1) is 22.2. The van der Waals surface area contributed by atoms with Gasteiger partial charge in [0, 0.05) is 25.2 Å². The normalized spacial score (nSPS) is 24.2. The summed E-state index contributed by atoms with van der Waals surface area (Å²) >= 11 is 0. The first-order chi connectivity index (χ1) is 12.8. The molecule has 0 saturated heterocycles. The van der Waals surface area contributed by atoms with Crippen LogP contribution in [0.1, 0.15) is 47.0 Å². The lowest BCUT2D eigenvalue weighted by atomic mass is 9.62. The number of nitrogens with one attached hydrogen (secondary N) is 3. The Morgan fingerprint density at radius 3 is 2.29 bits per heavy atom. The summed E-state index contributed by atoms with van der Waals surface area (Å²) in [7, 11) is -3.76. The number of carbonyl (C=O) groups is 2. The van der Waals surface area contributed by atoms with Crippen LogP contribution in [0.5, 0.6) is 0 Å². The van der Waals surface area contributed by atoms with Crippen molar-refractivity contribution in [1.29, 1.82) is 0 Å². The Labute approximate surface area is 166 Å². The number of amides is 3. The van der Waals surface area contributed by atoms with Gasteiger partial charge in [-0.25, -0.2) is 18.4 Å². The van der Waals surface area contributed by atoms with Crippen LogP contribution in [-0.4, -0.2) is 32.9 Å². The second-order valence-corrected chi connectivity index (χ2v) is 10.4. The topological polar surface area (TPSA) is 130 Å². The third kappa shape index (κ3) is 6.49. The van der Waals surface area contributed by atoms with Crippen molar-refractivity contribution < 1.29 is 18.0 Å². The second-order valence-electron chi connectivity index (χ2n) is 8.83. The van der Waals surface area contributed by atoms with Crippen molar-refractivity contribution in [3.63, 3.8) is 0 Å². The van der Waals surface area contributed by atoms with Gasteiger partial charge < -0.3 is 16.0 Å².